The molecule has 35 heavy (non-hydrogen) atoms. The third kappa shape index (κ3) is 5.63. The van der Waals surface area contributed by atoms with Gasteiger partial charge in [-0.3, -0.25) is 9.36 Å². The molecule has 0 aliphatic carbocycles. The van der Waals surface area contributed by atoms with E-state index in [0.717, 1.165) is 17.7 Å². The highest BCUT2D eigenvalue weighted by molar-refractivity contribution is 7.99. The number of rotatable bonds is 7. The molecule has 178 valence electrons. The number of hydrogen-bond donors (Lipinski definition) is 1. The normalized spacial score (nSPS) is 12.7. The third-order valence-electron chi connectivity index (χ3n) is 5.35. The summed E-state index contributed by atoms with van der Waals surface area (Å²) >= 11 is 1.26. The Hall–Kier alpha value is -3.85. The molecule has 1 N–H and O–H groups in total. The van der Waals surface area contributed by atoms with E-state index in [2.05, 4.69) is 15.5 Å². The van der Waals surface area contributed by atoms with Crippen molar-refractivity contribution in [2.75, 3.05) is 24.3 Å². The van der Waals surface area contributed by atoms with Gasteiger partial charge in [0.1, 0.15) is 11.6 Å². The van der Waals surface area contributed by atoms with Crippen molar-refractivity contribution in [3.63, 3.8) is 0 Å². The molecule has 0 unspecified atom stereocenters. The van der Waals surface area contributed by atoms with Gasteiger partial charge in [0.2, 0.25) is 5.91 Å². The Bertz CT molecular complexity index is 1310. The van der Waals surface area contributed by atoms with Crippen molar-refractivity contribution < 1.29 is 18.7 Å². The fourth-order valence-corrected chi connectivity index (χ4v) is 4.48. The van der Waals surface area contributed by atoms with Crippen molar-refractivity contribution in [2.24, 2.45) is 0 Å². The van der Waals surface area contributed by atoms with Crippen LogP contribution in [0.15, 0.2) is 78.0 Å². The lowest BCUT2D eigenvalue weighted by atomic mass is 10.1. The summed E-state index contributed by atoms with van der Waals surface area (Å²) in [6.45, 7) is 1.18. The summed E-state index contributed by atoms with van der Waals surface area (Å²) in [6.07, 6.45) is 1.36. The lowest BCUT2D eigenvalue weighted by Gasteiger charge is -2.12. The van der Waals surface area contributed by atoms with Crippen molar-refractivity contribution in [1.82, 2.24) is 14.8 Å². The lowest BCUT2D eigenvalue weighted by Crippen LogP contribution is -2.15. The van der Waals surface area contributed by atoms with Gasteiger partial charge in [-0.25, -0.2) is 4.39 Å². The zero-order chi connectivity index (χ0) is 24.0. The van der Waals surface area contributed by atoms with Crippen LogP contribution in [0.1, 0.15) is 17.8 Å². The predicted octanol–water partition coefficient (Wildman–Crippen LogP) is 4.89. The monoisotopic (exact) mass is 490 g/mol. The number of fused-ring (bicyclic) bond motifs is 1. The number of nitrogens with one attached hydrogen (secondary N) is 1. The standard InChI is InChI=1S/C26H23FN4O3S/c27-19-7-10-21(11-8-19)31-24(15-18-5-2-1-3-6-18)29-30-26(31)35-17-25(32)28-20-9-12-22-23(16-20)34-14-4-13-33-22/h1-3,5-12,16H,4,13-15,17H2,(H,28,32). The second-order valence-electron chi connectivity index (χ2n) is 7.92. The summed E-state index contributed by atoms with van der Waals surface area (Å²) in [5, 5.41) is 12.1. The Labute approximate surface area is 206 Å². The average Bonchev–Trinajstić information content (AvgIpc) is 3.11. The zero-order valence-electron chi connectivity index (χ0n) is 18.8. The number of nitrogens with zero attached hydrogens (tertiary/aromatic N) is 3. The summed E-state index contributed by atoms with van der Waals surface area (Å²) in [4.78, 5) is 12.7. The van der Waals surface area contributed by atoms with E-state index in [0.29, 0.717) is 47.8 Å². The quantitative estimate of drug-likeness (QED) is 0.372. The molecule has 7 nitrogen and oxygen atoms in total. The largest absolute Gasteiger partial charge is 0.490 e. The van der Waals surface area contributed by atoms with E-state index in [1.807, 2.05) is 34.9 Å². The fraction of sp³-hybridized carbons (Fsp3) is 0.192. The molecule has 0 saturated heterocycles. The van der Waals surface area contributed by atoms with Gasteiger partial charge in [0.15, 0.2) is 16.7 Å². The number of benzene rings is 3. The Morgan fingerprint density at radius 1 is 0.971 bits per heavy atom. The molecule has 0 atom stereocenters. The van der Waals surface area contributed by atoms with Gasteiger partial charge < -0.3 is 14.8 Å². The molecule has 0 spiro atoms. The summed E-state index contributed by atoms with van der Waals surface area (Å²) in [6, 6.07) is 21.4. The molecule has 2 heterocycles. The first-order valence-electron chi connectivity index (χ1n) is 11.2. The summed E-state index contributed by atoms with van der Waals surface area (Å²) < 4.78 is 26.7. The highest BCUT2D eigenvalue weighted by Crippen LogP contribution is 2.32. The SMILES string of the molecule is O=C(CSc1nnc(Cc2ccccc2)n1-c1ccc(F)cc1)Nc1ccc2c(c1)OCCCO2. The van der Waals surface area contributed by atoms with E-state index >= 15 is 0 Å². The maximum atomic E-state index is 13.5. The highest BCUT2D eigenvalue weighted by atomic mass is 32.2. The number of ether oxygens (including phenoxy) is 2. The Morgan fingerprint density at radius 2 is 1.74 bits per heavy atom. The first-order valence-corrected chi connectivity index (χ1v) is 12.2. The van der Waals surface area contributed by atoms with Crippen LogP contribution in [0.5, 0.6) is 11.5 Å². The van der Waals surface area contributed by atoms with Crippen LogP contribution in [-0.2, 0) is 11.2 Å². The summed E-state index contributed by atoms with van der Waals surface area (Å²) in [7, 11) is 0. The van der Waals surface area contributed by atoms with Gasteiger partial charge in [-0.2, -0.15) is 0 Å². The minimum absolute atomic E-state index is 0.124. The van der Waals surface area contributed by atoms with Crippen molar-refractivity contribution in [1.29, 1.82) is 0 Å². The van der Waals surface area contributed by atoms with Crippen LogP contribution in [0.25, 0.3) is 5.69 Å². The molecule has 0 bridgehead atoms. The van der Waals surface area contributed by atoms with E-state index in [9.17, 15) is 9.18 Å². The second-order valence-corrected chi connectivity index (χ2v) is 8.86. The molecule has 9 heteroatoms. The molecule has 4 aromatic rings. The minimum atomic E-state index is -0.324. The van der Waals surface area contributed by atoms with Crippen molar-refractivity contribution in [2.45, 2.75) is 18.0 Å². The van der Waals surface area contributed by atoms with Crippen molar-refractivity contribution >= 4 is 23.4 Å². The number of aromatic nitrogens is 3. The maximum absolute atomic E-state index is 13.5. The van der Waals surface area contributed by atoms with Gasteiger partial charge in [0.25, 0.3) is 0 Å². The smallest absolute Gasteiger partial charge is 0.234 e. The van der Waals surface area contributed by atoms with Crippen LogP contribution in [0.3, 0.4) is 0 Å². The van der Waals surface area contributed by atoms with E-state index in [1.54, 1.807) is 30.3 Å². The van der Waals surface area contributed by atoms with Crippen LogP contribution in [0.2, 0.25) is 0 Å². The Morgan fingerprint density at radius 3 is 2.54 bits per heavy atom. The first-order chi connectivity index (χ1) is 17.2. The number of carbonyl (C=O) groups excluding carboxylic acids is 1. The molecule has 1 amide bonds. The molecule has 1 aliphatic rings. The molecular weight excluding hydrogens is 467 g/mol. The average molecular weight is 491 g/mol. The van der Waals surface area contributed by atoms with E-state index in [1.165, 1.54) is 23.9 Å². The molecule has 3 aromatic carbocycles. The van der Waals surface area contributed by atoms with Gasteiger partial charge in [-0.15, -0.1) is 10.2 Å². The molecule has 1 aliphatic heterocycles. The molecule has 5 rings (SSSR count). The minimum Gasteiger partial charge on any atom is -0.490 e. The molecule has 0 fully saturated rings. The number of amides is 1. The molecule has 0 saturated carbocycles. The molecule has 0 radical (unpaired) electrons. The molecule has 1 aromatic heterocycles. The van der Waals surface area contributed by atoms with Gasteiger partial charge in [-0.05, 0) is 42.0 Å². The van der Waals surface area contributed by atoms with Crippen LogP contribution in [-0.4, -0.2) is 39.6 Å². The summed E-state index contributed by atoms with van der Waals surface area (Å²) in [5.74, 6) is 1.60. The summed E-state index contributed by atoms with van der Waals surface area (Å²) in [5.41, 5.74) is 2.43. The van der Waals surface area contributed by atoms with Crippen molar-refractivity contribution in [3.8, 4) is 17.2 Å². The topological polar surface area (TPSA) is 78.3 Å². The third-order valence-corrected chi connectivity index (χ3v) is 6.28. The molecular formula is C26H23FN4O3S. The van der Waals surface area contributed by atoms with Crippen LogP contribution < -0.4 is 14.8 Å². The number of carbonyl (C=O) groups is 1. The van der Waals surface area contributed by atoms with E-state index in [-0.39, 0.29) is 17.5 Å². The highest BCUT2D eigenvalue weighted by Gasteiger charge is 2.17. The Kier molecular flexibility index (Phi) is 6.94. The second kappa shape index (κ2) is 10.6. The van der Waals surface area contributed by atoms with Crippen LogP contribution >= 0.6 is 11.8 Å². The Balaban J connectivity index is 1.32. The number of thioether (sulfide) groups is 1. The van der Waals surface area contributed by atoms with Crippen LogP contribution in [0, 0.1) is 5.82 Å². The number of halogens is 1. The predicted molar refractivity (Wildman–Crippen MR) is 132 cm³/mol. The van der Waals surface area contributed by atoms with Gasteiger partial charge in [0.05, 0.1) is 19.0 Å². The van der Waals surface area contributed by atoms with Gasteiger partial charge in [-0.1, -0.05) is 42.1 Å². The van der Waals surface area contributed by atoms with Crippen molar-refractivity contribution in [3.05, 3.63) is 90.0 Å². The van der Waals surface area contributed by atoms with Crippen LogP contribution in [0.4, 0.5) is 10.1 Å². The number of anilines is 1. The van der Waals surface area contributed by atoms with E-state index in [4.69, 9.17) is 9.47 Å². The van der Waals surface area contributed by atoms with E-state index < -0.39 is 0 Å². The van der Waals surface area contributed by atoms with Gasteiger partial charge >= 0.3 is 0 Å². The number of hydrogen-bond acceptors (Lipinski definition) is 6. The lowest BCUT2D eigenvalue weighted by molar-refractivity contribution is -0.113. The fourth-order valence-electron chi connectivity index (χ4n) is 3.70. The first kappa shape index (κ1) is 22.9. The maximum Gasteiger partial charge on any atom is 0.234 e. The van der Waals surface area contributed by atoms with Gasteiger partial charge in [0, 0.05) is 30.3 Å². The zero-order valence-corrected chi connectivity index (χ0v) is 19.6.